The highest BCUT2D eigenvalue weighted by molar-refractivity contribution is 7.17. The van der Waals surface area contributed by atoms with Crippen molar-refractivity contribution in [2.45, 2.75) is 13.2 Å². The Labute approximate surface area is 118 Å². The average Bonchev–Trinajstić information content (AvgIpc) is 3.03. The number of ether oxygens (including phenoxy) is 1. The van der Waals surface area contributed by atoms with Gasteiger partial charge in [-0.2, -0.15) is 0 Å². The molecule has 2 N–H and O–H groups in total. The Balaban J connectivity index is 1.63. The van der Waals surface area contributed by atoms with E-state index >= 15 is 0 Å². The first-order valence-corrected chi connectivity index (χ1v) is 6.86. The third-order valence-electron chi connectivity index (χ3n) is 2.80. The van der Waals surface area contributed by atoms with Crippen LogP contribution >= 0.6 is 11.3 Å². The molecule has 2 heterocycles. The standard InChI is InChI=1S/C13H12N4O2S/c14-13-15-8-17(16-13)5-12(18)19-6-9-7-20-11-4-2-1-3-10(9)11/h1-4,7-8H,5-6H2,(H2,14,16). The maximum atomic E-state index is 11.7. The van der Waals surface area contributed by atoms with Gasteiger partial charge in [0.2, 0.25) is 5.95 Å². The summed E-state index contributed by atoms with van der Waals surface area (Å²) in [6, 6.07) is 8.03. The lowest BCUT2D eigenvalue weighted by molar-refractivity contribution is -0.145. The summed E-state index contributed by atoms with van der Waals surface area (Å²) in [5, 5.41) is 6.96. The Bertz CT molecular complexity index is 750. The number of anilines is 1. The van der Waals surface area contributed by atoms with Gasteiger partial charge >= 0.3 is 5.97 Å². The van der Waals surface area contributed by atoms with Crippen LogP contribution in [-0.4, -0.2) is 20.7 Å². The average molecular weight is 288 g/mol. The number of carbonyl (C=O) groups excluding carboxylic acids is 1. The topological polar surface area (TPSA) is 83.0 Å². The molecule has 7 heteroatoms. The van der Waals surface area contributed by atoms with Crippen molar-refractivity contribution in [3.05, 3.63) is 41.5 Å². The van der Waals surface area contributed by atoms with Crippen LogP contribution in [0.2, 0.25) is 0 Å². The van der Waals surface area contributed by atoms with Crippen LogP contribution in [0.4, 0.5) is 5.95 Å². The van der Waals surface area contributed by atoms with Gasteiger partial charge in [-0.15, -0.1) is 16.4 Å². The van der Waals surface area contributed by atoms with Crippen molar-refractivity contribution in [2.24, 2.45) is 0 Å². The molecule has 0 saturated heterocycles. The Hall–Kier alpha value is -2.41. The zero-order valence-corrected chi connectivity index (χ0v) is 11.3. The largest absolute Gasteiger partial charge is 0.459 e. The Morgan fingerprint density at radius 1 is 1.40 bits per heavy atom. The molecule has 0 spiro atoms. The van der Waals surface area contributed by atoms with Gasteiger partial charge in [-0.3, -0.25) is 4.79 Å². The van der Waals surface area contributed by atoms with E-state index in [2.05, 4.69) is 10.1 Å². The zero-order chi connectivity index (χ0) is 13.9. The molecular weight excluding hydrogens is 276 g/mol. The van der Waals surface area contributed by atoms with Crippen LogP contribution in [0, 0.1) is 0 Å². The van der Waals surface area contributed by atoms with Gasteiger partial charge in [-0.05, 0) is 16.8 Å². The molecule has 1 aromatic carbocycles. The van der Waals surface area contributed by atoms with Crippen molar-refractivity contribution in [3.8, 4) is 0 Å². The van der Waals surface area contributed by atoms with Crippen molar-refractivity contribution in [1.82, 2.24) is 14.8 Å². The fourth-order valence-corrected chi connectivity index (χ4v) is 2.81. The third-order valence-corrected chi connectivity index (χ3v) is 3.81. The number of nitrogen functional groups attached to an aromatic ring is 1. The minimum absolute atomic E-state index is 0.00622. The van der Waals surface area contributed by atoms with E-state index in [1.807, 2.05) is 29.6 Å². The fourth-order valence-electron chi connectivity index (χ4n) is 1.87. The number of aromatic nitrogens is 3. The van der Waals surface area contributed by atoms with Crippen molar-refractivity contribution in [2.75, 3.05) is 5.73 Å². The molecule has 3 aromatic rings. The molecule has 102 valence electrons. The lowest BCUT2D eigenvalue weighted by atomic mass is 10.2. The predicted molar refractivity (Wildman–Crippen MR) is 76.1 cm³/mol. The first-order valence-electron chi connectivity index (χ1n) is 5.98. The third kappa shape index (κ3) is 2.62. The second-order valence-corrected chi connectivity index (χ2v) is 5.13. The number of thiophene rings is 1. The number of hydrogen-bond acceptors (Lipinski definition) is 6. The number of hydrogen-bond donors (Lipinski definition) is 1. The predicted octanol–water partition coefficient (Wildman–Crippen LogP) is 1.82. The van der Waals surface area contributed by atoms with Crippen LogP contribution in [0.25, 0.3) is 10.1 Å². The van der Waals surface area contributed by atoms with E-state index in [1.165, 1.54) is 15.7 Å². The van der Waals surface area contributed by atoms with E-state index in [1.54, 1.807) is 11.3 Å². The van der Waals surface area contributed by atoms with Gasteiger partial charge in [-0.1, -0.05) is 18.2 Å². The van der Waals surface area contributed by atoms with Crippen LogP contribution < -0.4 is 5.73 Å². The smallest absolute Gasteiger partial charge is 0.328 e. The molecule has 0 bridgehead atoms. The van der Waals surface area contributed by atoms with Gasteiger partial charge in [0.15, 0.2) is 0 Å². The zero-order valence-electron chi connectivity index (χ0n) is 10.5. The van der Waals surface area contributed by atoms with E-state index in [9.17, 15) is 4.79 Å². The quantitative estimate of drug-likeness (QED) is 0.740. The highest BCUT2D eigenvalue weighted by Crippen LogP contribution is 2.26. The molecule has 0 amide bonds. The summed E-state index contributed by atoms with van der Waals surface area (Å²) in [7, 11) is 0. The summed E-state index contributed by atoms with van der Waals surface area (Å²) in [6.07, 6.45) is 1.40. The Morgan fingerprint density at radius 2 is 2.25 bits per heavy atom. The van der Waals surface area contributed by atoms with Crippen molar-refractivity contribution in [1.29, 1.82) is 0 Å². The number of esters is 1. The molecule has 0 aliphatic carbocycles. The minimum Gasteiger partial charge on any atom is -0.459 e. The molecule has 0 aliphatic heterocycles. The number of benzene rings is 1. The Kier molecular flexibility index (Phi) is 3.34. The number of fused-ring (bicyclic) bond motifs is 1. The van der Waals surface area contributed by atoms with E-state index in [0.717, 1.165) is 10.9 Å². The molecule has 3 rings (SSSR count). The lowest BCUT2D eigenvalue weighted by Crippen LogP contribution is -2.14. The molecule has 0 aliphatic rings. The first-order chi connectivity index (χ1) is 9.72. The van der Waals surface area contributed by atoms with Gasteiger partial charge < -0.3 is 10.5 Å². The molecule has 0 unspecified atom stereocenters. The van der Waals surface area contributed by atoms with E-state index in [4.69, 9.17) is 10.5 Å². The van der Waals surface area contributed by atoms with E-state index < -0.39 is 0 Å². The second-order valence-electron chi connectivity index (χ2n) is 4.22. The van der Waals surface area contributed by atoms with Crippen LogP contribution in [-0.2, 0) is 22.7 Å². The highest BCUT2D eigenvalue weighted by atomic mass is 32.1. The SMILES string of the molecule is Nc1ncn(CC(=O)OCc2csc3ccccc23)n1. The molecule has 0 radical (unpaired) electrons. The normalized spacial score (nSPS) is 10.8. The van der Waals surface area contributed by atoms with E-state index in [-0.39, 0.29) is 25.1 Å². The highest BCUT2D eigenvalue weighted by Gasteiger charge is 2.09. The van der Waals surface area contributed by atoms with Gasteiger partial charge in [-0.25, -0.2) is 9.67 Å². The summed E-state index contributed by atoms with van der Waals surface area (Å²) in [4.78, 5) is 15.4. The maximum absolute atomic E-state index is 11.7. The maximum Gasteiger partial charge on any atom is 0.328 e. The molecular formula is C13H12N4O2S. The van der Waals surface area contributed by atoms with Gasteiger partial charge in [0, 0.05) is 10.3 Å². The van der Waals surface area contributed by atoms with Crippen molar-refractivity contribution >= 4 is 33.3 Å². The fraction of sp³-hybridized carbons (Fsp3) is 0.154. The number of nitrogens with two attached hydrogens (primary N) is 1. The van der Waals surface area contributed by atoms with Crippen molar-refractivity contribution < 1.29 is 9.53 Å². The monoisotopic (exact) mass is 288 g/mol. The summed E-state index contributed by atoms with van der Waals surface area (Å²) in [5.74, 6) is -0.230. The molecule has 0 saturated carbocycles. The van der Waals surface area contributed by atoms with Crippen LogP contribution in [0.1, 0.15) is 5.56 Å². The summed E-state index contributed by atoms with van der Waals surface area (Å²) in [6.45, 7) is 0.263. The van der Waals surface area contributed by atoms with Crippen LogP contribution in [0.3, 0.4) is 0 Å². The molecule has 0 atom stereocenters. The summed E-state index contributed by atoms with van der Waals surface area (Å²) in [5.41, 5.74) is 6.39. The van der Waals surface area contributed by atoms with Crippen LogP contribution in [0.5, 0.6) is 0 Å². The lowest BCUT2D eigenvalue weighted by Gasteiger charge is -2.04. The van der Waals surface area contributed by atoms with Gasteiger partial charge in [0.25, 0.3) is 0 Å². The molecule has 6 nitrogen and oxygen atoms in total. The second kappa shape index (κ2) is 5.30. The van der Waals surface area contributed by atoms with Gasteiger partial charge in [0.1, 0.15) is 19.5 Å². The molecule has 2 aromatic heterocycles. The number of nitrogens with zero attached hydrogens (tertiary/aromatic N) is 3. The minimum atomic E-state index is -0.370. The van der Waals surface area contributed by atoms with Gasteiger partial charge in [0.05, 0.1) is 0 Å². The number of rotatable bonds is 4. The summed E-state index contributed by atoms with van der Waals surface area (Å²) >= 11 is 1.64. The first kappa shape index (κ1) is 12.6. The van der Waals surface area contributed by atoms with E-state index in [0.29, 0.717) is 0 Å². The number of carbonyl (C=O) groups is 1. The Morgan fingerprint density at radius 3 is 3.05 bits per heavy atom. The van der Waals surface area contributed by atoms with Crippen LogP contribution in [0.15, 0.2) is 36.0 Å². The summed E-state index contributed by atoms with van der Waals surface area (Å²) < 4.78 is 7.78. The molecule has 0 fully saturated rings. The van der Waals surface area contributed by atoms with Crippen molar-refractivity contribution in [3.63, 3.8) is 0 Å². The molecule has 20 heavy (non-hydrogen) atoms.